The van der Waals surface area contributed by atoms with Crippen molar-refractivity contribution in [2.75, 3.05) is 31.6 Å². The lowest BCUT2D eigenvalue weighted by molar-refractivity contribution is -0.149. The molecule has 174 valence electrons. The molecular formula is C24H27FN4O3S. The Morgan fingerprint density at radius 1 is 1.24 bits per heavy atom. The van der Waals surface area contributed by atoms with Gasteiger partial charge in [0.25, 0.3) is 5.91 Å². The maximum Gasteiger partial charge on any atom is 0.309 e. The summed E-state index contributed by atoms with van der Waals surface area (Å²) in [6.45, 7) is 5.63. The van der Waals surface area contributed by atoms with Gasteiger partial charge in [-0.2, -0.15) is 0 Å². The largest absolute Gasteiger partial charge is 0.466 e. The molecule has 1 fully saturated rings. The van der Waals surface area contributed by atoms with Gasteiger partial charge in [-0.1, -0.05) is 18.2 Å². The summed E-state index contributed by atoms with van der Waals surface area (Å²) in [5.41, 5.74) is 1.47. The number of halogens is 1. The van der Waals surface area contributed by atoms with Crippen LogP contribution in [0, 0.1) is 18.7 Å². The number of hydrogen-bond donors (Lipinski definition) is 1. The number of ether oxygens (including phenoxy) is 1. The van der Waals surface area contributed by atoms with Gasteiger partial charge in [-0.3, -0.25) is 9.59 Å². The zero-order valence-corrected chi connectivity index (χ0v) is 19.6. The zero-order chi connectivity index (χ0) is 23.4. The number of carbonyl (C=O) groups is 2. The van der Waals surface area contributed by atoms with E-state index in [1.165, 1.54) is 23.7 Å². The SMILES string of the molecule is CCOC(=O)C1CCN(C(=O)c2sc3ncnc(NCCc4ccccc4F)c3c2C)CC1. The van der Waals surface area contributed by atoms with Crippen molar-refractivity contribution in [2.45, 2.75) is 33.1 Å². The molecule has 0 atom stereocenters. The van der Waals surface area contributed by atoms with Gasteiger partial charge in [-0.15, -0.1) is 11.3 Å². The lowest BCUT2D eigenvalue weighted by Crippen LogP contribution is -2.40. The van der Waals surface area contributed by atoms with Crippen molar-refractivity contribution in [3.63, 3.8) is 0 Å². The van der Waals surface area contributed by atoms with Crippen LogP contribution in [0.2, 0.25) is 0 Å². The van der Waals surface area contributed by atoms with Crippen LogP contribution in [0.15, 0.2) is 30.6 Å². The van der Waals surface area contributed by atoms with E-state index >= 15 is 0 Å². The van der Waals surface area contributed by atoms with Crippen molar-refractivity contribution in [2.24, 2.45) is 5.92 Å². The van der Waals surface area contributed by atoms with E-state index in [-0.39, 0.29) is 23.6 Å². The molecule has 0 unspecified atom stereocenters. The Balaban J connectivity index is 1.46. The number of amides is 1. The second kappa shape index (κ2) is 10.2. The molecule has 0 saturated carbocycles. The number of fused-ring (bicyclic) bond motifs is 1. The van der Waals surface area contributed by atoms with Gasteiger partial charge in [0.1, 0.15) is 22.8 Å². The molecule has 1 N–H and O–H groups in total. The quantitative estimate of drug-likeness (QED) is 0.521. The Hall–Kier alpha value is -3.07. The highest BCUT2D eigenvalue weighted by molar-refractivity contribution is 7.20. The molecule has 0 radical (unpaired) electrons. The molecule has 0 aliphatic carbocycles. The molecule has 1 saturated heterocycles. The first-order chi connectivity index (χ1) is 16.0. The molecule has 1 aromatic carbocycles. The van der Waals surface area contributed by atoms with E-state index in [2.05, 4.69) is 15.3 Å². The zero-order valence-electron chi connectivity index (χ0n) is 18.8. The highest BCUT2D eigenvalue weighted by Gasteiger charge is 2.30. The molecule has 33 heavy (non-hydrogen) atoms. The number of nitrogens with one attached hydrogen (secondary N) is 1. The fourth-order valence-corrected chi connectivity index (χ4v) is 5.26. The molecule has 1 aliphatic rings. The van der Waals surface area contributed by atoms with E-state index in [0.29, 0.717) is 61.8 Å². The van der Waals surface area contributed by atoms with Gasteiger partial charge in [0, 0.05) is 19.6 Å². The standard InChI is InChI=1S/C24H27FN4O3S/c1-3-32-24(31)17-9-12-29(13-10-17)23(30)20-15(2)19-21(27-14-28-22(19)33-20)26-11-8-16-6-4-5-7-18(16)25/h4-7,14,17H,3,8-13H2,1-2H3,(H,26,27,28). The fourth-order valence-electron chi connectivity index (χ4n) is 4.15. The molecule has 7 nitrogen and oxygen atoms in total. The predicted molar refractivity (Wildman–Crippen MR) is 126 cm³/mol. The summed E-state index contributed by atoms with van der Waals surface area (Å²) in [5, 5.41) is 4.10. The predicted octanol–water partition coefficient (Wildman–Crippen LogP) is 4.21. The van der Waals surface area contributed by atoms with Crippen LogP contribution in [0.1, 0.15) is 40.6 Å². The second-order valence-corrected chi connectivity index (χ2v) is 9.04. The third kappa shape index (κ3) is 4.98. The molecule has 0 spiro atoms. The van der Waals surface area contributed by atoms with Crippen molar-refractivity contribution in [3.8, 4) is 0 Å². The summed E-state index contributed by atoms with van der Waals surface area (Å²) in [6, 6.07) is 6.71. The Morgan fingerprint density at radius 3 is 2.73 bits per heavy atom. The summed E-state index contributed by atoms with van der Waals surface area (Å²) in [7, 11) is 0. The topological polar surface area (TPSA) is 84.4 Å². The number of nitrogens with zero attached hydrogens (tertiary/aromatic N) is 3. The molecule has 3 aromatic rings. The normalized spacial score (nSPS) is 14.5. The molecule has 3 heterocycles. The van der Waals surface area contributed by atoms with E-state index in [1.54, 1.807) is 24.0 Å². The number of piperidine rings is 1. The van der Waals surface area contributed by atoms with Gasteiger partial charge in [-0.25, -0.2) is 14.4 Å². The van der Waals surface area contributed by atoms with Crippen LogP contribution in [0.25, 0.3) is 10.2 Å². The van der Waals surface area contributed by atoms with Crippen molar-refractivity contribution in [3.05, 3.63) is 52.4 Å². The van der Waals surface area contributed by atoms with Crippen LogP contribution in [0.5, 0.6) is 0 Å². The van der Waals surface area contributed by atoms with Gasteiger partial charge in [0.05, 0.1) is 22.8 Å². The third-order valence-electron chi connectivity index (χ3n) is 5.97. The minimum Gasteiger partial charge on any atom is -0.466 e. The van der Waals surface area contributed by atoms with E-state index in [4.69, 9.17) is 4.74 Å². The Kier molecular flexibility index (Phi) is 7.17. The van der Waals surface area contributed by atoms with Gasteiger partial charge in [-0.05, 0) is 50.3 Å². The summed E-state index contributed by atoms with van der Waals surface area (Å²) in [4.78, 5) is 37.1. The van der Waals surface area contributed by atoms with E-state index in [0.717, 1.165) is 15.8 Å². The first-order valence-corrected chi connectivity index (χ1v) is 12.0. The van der Waals surface area contributed by atoms with Crippen LogP contribution < -0.4 is 5.32 Å². The Labute approximate surface area is 196 Å². The third-order valence-corrected chi connectivity index (χ3v) is 7.16. The number of rotatable bonds is 7. The average Bonchev–Trinajstić information content (AvgIpc) is 3.17. The minimum absolute atomic E-state index is 0.0462. The molecule has 0 bridgehead atoms. The number of esters is 1. The van der Waals surface area contributed by atoms with Gasteiger partial charge in [0.2, 0.25) is 0 Å². The summed E-state index contributed by atoms with van der Waals surface area (Å²) < 4.78 is 19.0. The van der Waals surface area contributed by atoms with Crippen molar-refractivity contribution in [1.82, 2.24) is 14.9 Å². The maximum atomic E-state index is 13.9. The number of anilines is 1. The number of thiophene rings is 1. The number of hydrogen-bond acceptors (Lipinski definition) is 7. The van der Waals surface area contributed by atoms with E-state index < -0.39 is 0 Å². The highest BCUT2D eigenvalue weighted by Crippen LogP contribution is 2.34. The molecule has 2 aromatic heterocycles. The highest BCUT2D eigenvalue weighted by atomic mass is 32.1. The fraction of sp³-hybridized carbons (Fsp3) is 0.417. The monoisotopic (exact) mass is 470 g/mol. The number of likely N-dealkylation sites (tertiary alicyclic amines) is 1. The summed E-state index contributed by atoms with van der Waals surface area (Å²) in [6.07, 6.45) is 3.21. The van der Waals surface area contributed by atoms with Crippen LogP contribution in [0.4, 0.5) is 10.2 Å². The van der Waals surface area contributed by atoms with Gasteiger partial charge >= 0.3 is 5.97 Å². The van der Waals surface area contributed by atoms with Crippen molar-refractivity contribution < 1.29 is 18.7 Å². The Morgan fingerprint density at radius 2 is 2.00 bits per heavy atom. The number of carbonyl (C=O) groups excluding carboxylic acids is 2. The van der Waals surface area contributed by atoms with Crippen molar-refractivity contribution in [1.29, 1.82) is 0 Å². The first-order valence-electron chi connectivity index (χ1n) is 11.2. The first kappa shape index (κ1) is 23.1. The number of aromatic nitrogens is 2. The summed E-state index contributed by atoms with van der Waals surface area (Å²) >= 11 is 1.35. The molecular weight excluding hydrogens is 443 g/mol. The molecule has 9 heteroatoms. The smallest absolute Gasteiger partial charge is 0.309 e. The molecule has 1 amide bonds. The number of aryl methyl sites for hydroxylation is 1. The van der Waals surface area contributed by atoms with Crippen LogP contribution >= 0.6 is 11.3 Å². The summed E-state index contributed by atoms with van der Waals surface area (Å²) in [5.74, 6) is 0.0522. The molecule has 4 rings (SSSR count). The van der Waals surface area contributed by atoms with Crippen LogP contribution in [-0.4, -0.2) is 53.0 Å². The minimum atomic E-state index is -0.224. The van der Waals surface area contributed by atoms with Gasteiger partial charge < -0.3 is 15.0 Å². The van der Waals surface area contributed by atoms with E-state index in [1.807, 2.05) is 13.0 Å². The van der Waals surface area contributed by atoms with Crippen LogP contribution in [-0.2, 0) is 16.0 Å². The molecule has 1 aliphatic heterocycles. The van der Waals surface area contributed by atoms with E-state index in [9.17, 15) is 14.0 Å². The van der Waals surface area contributed by atoms with Gasteiger partial charge in [0.15, 0.2) is 0 Å². The maximum absolute atomic E-state index is 13.9. The lowest BCUT2D eigenvalue weighted by Gasteiger charge is -2.30. The lowest BCUT2D eigenvalue weighted by atomic mass is 9.97. The Bertz CT molecular complexity index is 1160. The number of benzene rings is 1. The second-order valence-electron chi connectivity index (χ2n) is 8.05. The van der Waals surface area contributed by atoms with Crippen molar-refractivity contribution >= 4 is 39.2 Å². The average molecular weight is 471 g/mol. The van der Waals surface area contributed by atoms with Crippen LogP contribution in [0.3, 0.4) is 0 Å².